The second-order valence-corrected chi connectivity index (χ2v) is 7.30. The van der Waals surface area contributed by atoms with Crippen LogP contribution in [0.3, 0.4) is 0 Å². The number of H-pyrrole nitrogens is 1. The van der Waals surface area contributed by atoms with Crippen molar-refractivity contribution >= 4 is 40.3 Å². The van der Waals surface area contributed by atoms with Crippen molar-refractivity contribution in [3.05, 3.63) is 45.1 Å². The summed E-state index contributed by atoms with van der Waals surface area (Å²) in [4.78, 5) is 45.2. The van der Waals surface area contributed by atoms with E-state index in [1.165, 1.54) is 9.47 Å². The third-order valence-electron chi connectivity index (χ3n) is 4.43. The van der Waals surface area contributed by atoms with Gasteiger partial charge in [0.25, 0.3) is 10.8 Å². The molecule has 0 bridgehead atoms. The summed E-state index contributed by atoms with van der Waals surface area (Å²) >= 11 is 1.14. The summed E-state index contributed by atoms with van der Waals surface area (Å²) < 4.78 is 6.90. The number of nitrogens with one attached hydrogen (secondary N) is 1. The molecule has 0 atom stereocenters. The zero-order valence-electron chi connectivity index (χ0n) is 16.3. The van der Waals surface area contributed by atoms with Gasteiger partial charge in [-0.05, 0) is 25.5 Å². The lowest BCUT2D eigenvalue weighted by molar-refractivity contribution is -0.116. The maximum Gasteiger partial charge on any atom is 0.330 e. The molecule has 0 saturated carbocycles. The third kappa shape index (κ3) is 4.37. The molecule has 0 spiro atoms. The Kier molecular flexibility index (Phi) is 6.42. The number of aromatic nitrogens is 3. The molecule has 1 amide bonds. The standard InChI is InChI=1S/C19H23N5O4S/c1-3-5-10-24-16(20)15(17(26)22-18(24)27)23(4-2)14(25)11-29-19-21-12-8-6-7-9-13(12)28-19/h6-9H,3-5,10-11,20H2,1-2H3,(H,22,26,27). The van der Waals surface area contributed by atoms with E-state index in [2.05, 4.69) is 9.97 Å². The number of rotatable bonds is 8. The van der Waals surface area contributed by atoms with Gasteiger partial charge in [-0.1, -0.05) is 37.2 Å². The Bertz CT molecular complexity index is 1100. The topological polar surface area (TPSA) is 127 Å². The van der Waals surface area contributed by atoms with Gasteiger partial charge in [0.05, 0.1) is 5.75 Å². The molecule has 2 heterocycles. The molecule has 9 nitrogen and oxygen atoms in total. The molecule has 0 saturated heterocycles. The normalized spacial score (nSPS) is 11.1. The van der Waals surface area contributed by atoms with Crippen LogP contribution in [-0.4, -0.2) is 32.7 Å². The van der Waals surface area contributed by atoms with Crippen LogP contribution in [0.5, 0.6) is 0 Å². The number of carbonyl (C=O) groups is 1. The molecule has 0 aliphatic carbocycles. The quantitative estimate of drug-likeness (QED) is 0.538. The maximum atomic E-state index is 12.8. The van der Waals surface area contributed by atoms with Crippen LogP contribution >= 0.6 is 11.8 Å². The van der Waals surface area contributed by atoms with E-state index in [9.17, 15) is 14.4 Å². The van der Waals surface area contributed by atoms with Crippen molar-refractivity contribution in [2.24, 2.45) is 0 Å². The minimum atomic E-state index is -0.678. The number of fused-ring (bicyclic) bond motifs is 1. The zero-order chi connectivity index (χ0) is 21.0. The molecule has 0 aliphatic rings. The van der Waals surface area contributed by atoms with Crippen LogP contribution in [0.2, 0.25) is 0 Å². The van der Waals surface area contributed by atoms with Gasteiger partial charge >= 0.3 is 5.69 Å². The average Bonchev–Trinajstić information content (AvgIpc) is 3.12. The second kappa shape index (κ2) is 8.99. The molecule has 0 aliphatic heterocycles. The lowest BCUT2D eigenvalue weighted by Crippen LogP contribution is -2.41. The van der Waals surface area contributed by atoms with E-state index in [4.69, 9.17) is 10.2 Å². The number of nitrogens with zero attached hydrogens (tertiary/aromatic N) is 3. The molecule has 2 aromatic heterocycles. The number of hydrogen-bond acceptors (Lipinski definition) is 7. The van der Waals surface area contributed by atoms with Gasteiger partial charge in [0.15, 0.2) is 11.3 Å². The number of oxazole rings is 1. The first-order chi connectivity index (χ1) is 14.0. The predicted octanol–water partition coefficient (Wildman–Crippen LogP) is 2.21. The molecular formula is C19H23N5O4S. The Labute approximate surface area is 170 Å². The van der Waals surface area contributed by atoms with Crippen molar-refractivity contribution in [1.82, 2.24) is 14.5 Å². The van der Waals surface area contributed by atoms with E-state index in [1.54, 1.807) is 13.0 Å². The second-order valence-electron chi connectivity index (χ2n) is 6.37. The minimum absolute atomic E-state index is 0.00531. The highest BCUT2D eigenvalue weighted by molar-refractivity contribution is 7.99. The van der Waals surface area contributed by atoms with Crippen molar-refractivity contribution in [1.29, 1.82) is 0 Å². The van der Waals surface area contributed by atoms with Crippen LogP contribution in [0, 0.1) is 0 Å². The molecule has 1 aromatic carbocycles. The van der Waals surface area contributed by atoms with E-state index in [0.717, 1.165) is 24.6 Å². The van der Waals surface area contributed by atoms with Gasteiger partial charge < -0.3 is 15.1 Å². The van der Waals surface area contributed by atoms with Gasteiger partial charge in [-0.25, -0.2) is 9.78 Å². The van der Waals surface area contributed by atoms with Crippen molar-refractivity contribution < 1.29 is 9.21 Å². The Morgan fingerprint density at radius 2 is 2.07 bits per heavy atom. The summed E-state index contributed by atoms with van der Waals surface area (Å²) in [5, 5.41) is 0.366. The van der Waals surface area contributed by atoms with Gasteiger partial charge in [0, 0.05) is 13.1 Å². The number of aromatic amines is 1. The summed E-state index contributed by atoms with van der Waals surface area (Å²) in [5.74, 6) is -0.333. The van der Waals surface area contributed by atoms with E-state index in [1.807, 2.05) is 25.1 Å². The number of benzene rings is 1. The minimum Gasteiger partial charge on any atom is -0.431 e. The van der Waals surface area contributed by atoms with Crippen LogP contribution in [0.25, 0.3) is 11.1 Å². The monoisotopic (exact) mass is 417 g/mol. The highest BCUT2D eigenvalue weighted by Crippen LogP contribution is 2.24. The van der Waals surface area contributed by atoms with Gasteiger partial charge in [-0.2, -0.15) is 0 Å². The number of nitrogen functional groups attached to an aromatic ring is 1. The van der Waals surface area contributed by atoms with Crippen LogP contribution in [0.4, 0.5) is 11.5 Å². The summed E-state index contributed by atoms with van der Waals surface area (Å²) in [6.45, 7) is 4.32. The first-order valence-corrected chi connectivity index (χ1v) is 10.4. The average molecular weight is 417 g/mol. The first kappa shape index (κ1) is 20.7. The molecule has 3 N–H and O–H groups in total. The Balaban J connectivity index is 1.83. The smallest absolute Gasteiger partial charge is 0.330 e. The molecule has 3 rings (SSSR count). The molecular weight excluding hydrogens is 394 g/mol. The van der Waals surface area contributed by atoms with Crippen LogP contribution < -0.4 is 21.9 Å². The van der Waals surface area contributed by atoms with E-state index < -0.39 is 11.2 Å². The summed E-state index contributed by atoms with van der Waals surface area (Å²) in [6.07, 6.45) is 1.58. The summed E-state index contributed by atoms with van der Waals surface area (Å²) in [6, 6.07) is 7.31. The van der Waals surface area contributed by atoms with E-state index in [0.29, 0.717) is 22.9 Å². The highest BCUT2D eigenvalue weighted by Gasteiger charge is 2.23. The van der Waals surface area contributed by atoms with Crippen molar-refractivity contribution in [2.75, 3.05) is 22.9 Å². The van der Waals surface area contributed by atoms with Crippen LogP contribution in [-0.2, 0) is 11.3 Å². The fourth-order valence-electron chi connectivity index (χ4n) is 2.95. The number of unbranched alkanes of at least 4 members (excludes halogenated alkanes) is 1. The fourth-order valence-corrected chi connectivity index (χ4v) is 3.66. The van der Waals surface area contributed by atoms with Crippen molar-refractivity contribution in [3.63, 3.8) is 0 Å². The zero-order valence-corrected chi connectivity index (χ0v) is 17.1. The highest BCUT2D eigenvalue weighted by atomic mass is 32.2. The largest absolute Gasteiger partial charge is 0.431 e. The van der Waals surface area contributed by atoms with Gasteiger partial charge in [0.2, 0.25) is 5.91 Å². The Morgan fingerprint density at radius 3 is 2.76 bits per heavy atom. The van der Waals surface area contributed by atoms with E-state index in [-0.39, 0.29) is 29.7 Å². The molecule has 0 unspecified atom stereocenters. The Morgan fingerprint density at radius 1 is 1.31 bits per heavy atom. The van der Waals surface area contributed by atoms with Crippen LogP contribution in [0.1, 0.15) is 26.7 Å². The molecule has 154 valence electrons. The Hall–Kier alpha value is -3.01. The molecule has 29 heavy (non-hydrogen) atoms. The number of nitrogens with two attached hydrogens (primary N) is 1. The number of hydrogen-bond donors (Lipinski definition) is 2. The molecule has 3 aromatic rings. The number of anilines is 2. The van der Waals surface area contributed by atoms with Crippen LogP contribution in [0.15, 0.2) is 43.5 Å². The molecule has 0 radical (unpaired) electrons. The first-order valence-electron chi connectivity index (χ1n) is 9.37. The van der Waals surface area contributed by atoms with Crippen molar-refractivity contribution in [2.45, 2.75) is 38.5 Å². The van der Waals surface area contributed by atoms with Gasteiger partial charge in [-0.15, -0.1) is 0 Å². The third-order valence-corrected chi connectivity index (χ3v) is 5.24. The lowest BCUT2D eigenvalue weighted by Gasteiger charge is -2.22. The van der Waals surface area contributed by atoms with Gasteiger partial charge in [-0.3, -0.25) is 19.1 Å². The summed E-state index contributed by atoms with van der Waals surface area (Å²) in [5.41, 5.74) is 6.19. The van der Waals surface area contributed by atoms with E-state index >= 15 is 0 Å². The van der Waals surface area contributed by atoms with Gasteiger partial charge in [0.1, 0.15) is 11.3 Å². The number of carbonyl (C=O) groups excluding carboxylic acids is 1. The number of para-hydroxylation sites is 2. The lowest BCUT2D eigenvalue weighted by atomic mass is 10.3. The molecule has 10 heteroatoms. The fraction of sp³-hybridized carbons (Fsp3) is 0.368. The number of thioether (sulfide) groups is 1. The maximum absolute atomic E-state index is 12.8. The molecule has 0 fully saturated rings. The summed E-state index contributed by atoms with van der Waals surface area (Å²) in [7, 11) is 0. The predicted molar refractivity (Wildman–Crippen MR) is 113 cm³/mol. The SMILES string of the molecule is CCCCn1c(N)c(N(CC)C(=O)CSc2nc3ccccc3o2)c(=O)[nH]c1=O. The number of amides is 1. The van der Waals surface area contributed by atoms with Crippen molar-refractivity contribution in [3.8, 4) is 0 Å².